The molecule has 20 heavy (non-hydrogen) atoms. The van der Waals surface area contributed by atoms with Gasteiger partial charge in [-0.15, -0.1) is 0 Å². The fraction of sp³-hybridized carbons (Fsp3) is 0.533. The van der Waals surface area contributed by atoms with Gasteiger partial charge in [0.1, 0.15) is 5.82 Å². The van der Waals surface area contributed by atoms with E-state index in [1.807, 2.05) is 0 Å². The van der Waals surface area contributed by atoms with Crippen LogP contribution in [0.15, 0.2) is 24.3 Å². The molecular formula is C15H20FNO3. The second kappa shape index (κ2) is 6.70. The summed E-state index contributed by atoms with van der Waals surface area (Å²) in [6.07, 6.45) is 1.31. The number of ether oxygens (including phenoxy) is 1. The molecule has 0 radical (unpaired) electrons. The molecule has 0 aromatic heterocycles. The number of benzene rings is 1. The maximum atomic E-state index is 13.3. The predicted octanol–water partition coefficient (Wildman–Crippen LogP) is 2.52. The van der Waals surface area contributed by atoms with E-state index in [9.17, 15) is 14.3 Å². The van der Waals surface area contributed by atoms with Gasteiger partial charge in [0, 0.05) is 18.5 Å². The molecule has 0 bridgehead atoms. The third kappa shape index (κ3) is 3.10. The first-order valence-corrected chi connectivity index (χ1v) is 6.97. The van der Waals surface area contributed by atoms with E-state index in [0.717, 1.165) is 12.8 Å². The number of aliphatic hydroxyl groups is 1. The van der Waals surface area contributed by atoms with Crippen LogP contribution in [0.2, 0.25) is 0 Å². The average molecular weight is 281 g/mol. The van der Waals surface area contributed by atoms with E-state index >= 15 is 0 Å². The van der Waals surface area contributed by atoms with E-state index in [-0.39, 0.29) is 30.5 Å². The molecule has 0 saturated carbocycles. The van der Waals surface area contributed by atoms with Crippen molar-refractivity contribution < 1.29 is 19.0 Å². The van der Waals surface area contributed by atoms with Gasteiger partial charge in [-0.1, -0.05) is 12.1 Å². The maximum Gasteiger partial charge on any atom is 0.410 e. The lowest BCUT2D eigenvalue weighted by Gasteiger charge is -2.30. The number of hydrogen-bond donors (Lipinski definition) is 1. The van der Waals surface area contributed by atoms with Gasteiger partial charge < -0.3 is 14.7 Å². The minimum Gasteiger partial charge on any atom is -0.450 e. The summed E-state index contributed by atoms with van der Waals surface area (Å²) in [6, 6.07) is 6.06. The molecule has 1 saturated heterocycles. The number of nitrogens with zero attached hydrogens (tertiary/aromatic N) is 1. The standard InChI is InChI=1S/C15H20FNO3/c1-2-20-15(19)17-8-4-7-14(17)13(10-18)11-5-3-6-12(16)9-11/h3,5-6,9,13-14,18H,2,4,7-8,10H2,1H3/t13-,14-/m0/s1. The predicted molar refractivity (Wildman–Crippen MR) is 73.0 cm³/mol. The fourth-order valence-corrected chi connectivity index (χ4v) is 2.83. The maximum absolute atomic E-state index is 13.3. The molecule has 1 aromatic rings. The summed E-state index contributed by atoms with van der Waals surface area (Å²) in [4.78, 5) is 13.6. The Hall–Kier alpha value is -1.62. The summed E-state index contributed by atoms with van der Waals surface area (Å²) in [5, 5.41) is 9.66. The molecule has 1 aliphatic rings. The van der Waals surface area contributed by atoms with Crippen molar-refractivity contribution in [1.82, 2.24) is 4.90 Å². The van der Waals surface area contributed by atoms with Crippen molar-refractivity contribution in [3.05, 3.63) is 35.6 Å². The smallest absolute Gasteiger partial charge is 0.410 e. The zero-order chi connectivity index (χ0) is 14.5. The lowest BCUT2D eigenvalue weighted by atomic mass is 9.90. The van der Waals surface area contributed by atoms with Gasteiger partial charge in [0.2, 0.25) is 0 Å². The van der Waals surface area contributed by atoms with Crippen LogP contribution in [0.1, 0.15) is 31.2 Å². The van der Waals surface area contributed by atoms with Gasteiger partial charge in [-0.3, -0.25) is 0 Å². The van der Waals surface area contributed by atoms with Gasteiger partial charge in [0.05, 0.1) is 13.2 Å². The van der Waals surface area contributed by atoms with Crippen LogP contribution >= 0.6 is 0 Å². The van der Waals surface area contributed by atoms with Gasteiger partial charge in [-0.2, -0.15) is 0 Å². The highest BCUT2D eigenvalue weighted by atomic mass is 19.1. The number of carbonyl (C=O) groups excluding carboxylic acids is 1. The van der Waals surface area contributed by atoms with Crippen molar-refractivity contribution >= 4 is 6.09 Å². The summed E-state index contributed by atoms with van der Waals surface area (Å²) < 4.78 is 18.4. The summed E-state index contributed by atoms with van der Waals surface area (Å²) in [5.74, 6) is -0.612. The Labute approximate surface area is 118 Å². The molecule has 0 spiro atoms. The van der Waals surface area contributed by atoms with Crippen LogP contribution in [0.25, 0.3) is 0 Å². The Morgan fingerprint density at radius 2 is 2.40 bits per heavy atom. The number of hydrogen-bond acceptors (Lipinski definition) is 3. The Morgan fingerprint density at radius 3 is 3.05 bits per heavy atom. The van der Waals surface area contributed by atoms with Gasteiger partial charge in [-0.05, 0) is 37.5 Å². The number of rotatable bonds is 4. The summed E-state index contributed by atoms with van der Waals surface area (Å²) in [6.45, 7) is 2.59. The lowest BCUT2D eigenvalue weighted by molar-refractivity contribution is 0.0917. The molecule has 2 rings (SSSR count). The average Bonchev–Trinajstić information content (AvgIpc) is 2.89. The van der Waals surface area contributed by atoms with Crippen molar-refractivity contribution in [3.63, 3.8) is 0 Å². The van der Waals surface area contributed by atoms with Crippen LogP contribution in [-0.4, -0.2) is 41.9 Å². The monoisotopic (exact) mass is 281 g/mol. The first kappa shape index (κ1) is 14.8. The third-order valence-corrected chi connectivity index (χ3v) is 3.74. The minimum absolute atomic E-state index is 0.121. The van der Waals surface area contributed by atoms with E-state index in [1.165, 1.54) is 12.1 Å². The van der Waals surface area contributed by atoms with Crippen LogP contribution in [0, 0.1) is 5.82 Å². The zero-order valence-corrected chi connectivity index (χ0v) is 11.6. The normalized spacial score (nSPS) is 19.9. The van der Waals surface area contributed by atoms with Crippen LogP contribution in [0.4, 0.5) is 9.18 Å². The van der Waals surface area contributed by atoms with Crippen LogP contribution in [0.3, 0.4) is 0 Å². The van der Waals surface area contributed by atoms with E-state index in [1.54, 1.807) is 24.0 Å². The van der Waals surface area contributed by atoms with Crippen LogP contribution < -0.4 is 0 Å². The summed E-state index contributed by atoms with van der Waals surface area (Å²) in [7, 11) is 0. The molecule has 4 nitrogen and oxygen atoms in total. The Morgan fingerprint density at radius 1 is 1.60 bits per heavy atom. The number of aliphatic hydroxyl groups excluding tert-OH is 1. The van der Waals surface area contributed by atoms with Crippen molar-refractivity contribution in [2.45, 2.75) is 31.7 Å². The number of amides is 1. The minimum atomic E-state index is -0.357. The highest BCUT2D eigenvalue weighted by Crippen LogP contribution is 2.31. The molecule has 0 aliphatic carbocycles. The fourth-order valence-electron chi connectivity index (χ4n) is 2.83. The van der Waals surface area contributed by atoms with Crippen LogP contribution in [-0.2, 0) is 4.74 Å². The Kier molecular flexibility index (Phi) is 4.95. The van der Waals surface area contributed by atoms with Crippen molar-refractivity contribution in [1.29, 1.82) is 0 Å². The number of likely N-dealkylation sites (tertiary alicyclic amines) is 1. The van der Waals surface area contributed by atoms with Gasteiger partial charge in [0.25, 0.3) is 0 Å². The molecule has 1 aliphatic heterocycles. The topological polar surface area (TPSA) is 49.8 Å². The van der Waals surface area contributed by atoms with E-state index in [0.29, 0.717) is 18.7 Å². The molecule has 1 N–H and O–H groups in total. The number of carbonyl (C=O) groups is 1. The second-order valence-electron chi connectivity index (χ2n) is 4.95. The van der Waals surface area contributed by atoms with Crippen molar-refractivity contribution in [2.24, 2.45) is 0 Å². The van der Waals surface area contributed by atoms with E-state index in [2.05, 4.69) is 0 Å². The second-order valence-corrected chi connectivity index (χ2v) is 4.95. The highest BCUT2D eigenvalue weighted by molar-refractivity contribution is 5.68. The molecule has 110 valence electrons. The van der Waals surface area contributed by atoms with Gasteiger partial charge >= 0.3 is 6.09 Å². The molecular weight excluding hydrogens is 261 g/mol. The molecule has 2 atom stereocenters. The van der Waals surface area contributed by atoms with Gasteiger partial charge in [0.15, 0.2) is 0 Å². The van der Waals surface area contributed by atoms with Gasteiger partial charge in [-0.25, -0.2) is 9.18 Å². The van der Waals surface area contributed by atoms with E-state index < -0.39 is 0 Å². The third-order valence-electron chi connectivity index (χ3n) is 3.74. The first-order valence-electron chi connectivity index (χ1n) is 6.97. The largest absolute Gasteiger partial charge is 0.450 e. The lowest BCUT2D eigenvalue weighted by Crippen LogP contribution is -2.40. The quantitative estimate of drug-likeness (QED) is 0.922. The molecule has 1 amide bonds. The summed E-state index contributed by atoms with van der Waals surface area (Å²) in [5.41, 5.74) is 0.716. The highest BCUT2D eigenvalue weighted by Gasteiger charge is 2.36. The van der Waals surface area contributed by atoms with Crippen molar-refractivity contribution in [2.75, 3.05) is 19.8 Å². The molecule has 1 fully saturated rings. The molecule has 1 heterocycles. The molecule has 0 unspecified atom stereocenters. The molecule has 1 aromatic carbocycles. The van der Waals surface area contributed by atoms with Crippen LogP contribution in [0.5, 0.6) is 0 Å². The van der Waals surface area contributed by atoms with E-state index in [4.69, 9.17) is 4.74 Å². The summed E-state index contributed by atoms with van der Waals surface area (Å²) >= 11 is 0. The SMILES string of the molecule is CCOC(=O)N1CCC[C@H]1[C@@H](CO)c1cccc(F)c1. The number of halogens is 1. The molecule has 5 heteroatoms. The Bertz CT molecular complexity index is 466. The first-order chi connectivity index (χ1) is 9.67. The zero-order valence-electron chi connectivity index (χ0n) is 11.6. The Balaban J connectivity index is 2.20. The van der Waals surface area contributed by atoms with Crippen molar-refractivity contribution in [3.8, 4) is 0 Å².